The minimum absolute atomic E-state index is 0.0337. The van der Waals surface area contributed by atoms with Crippen LogP contribution in [-0.4, -0.2) is 74.2 Å². The van der Waals surface area contributed by atoms with E-state index < -0.39 is 71.6 Å². The highest BCUT2D eigenvalue weighted by Gasteiger charge is 2.58. The van der Waals surface area contributed by atoms with Crippen molar-refractivity contribution in [1.29, 1.82) is 0 Å². The van der Waals surface area contributed by atoms with Crippen molar-refractivity contribution in [3.63, 3.8) is 0 Å². The van der Waals surface area contributed by atoms with Crippen molar-refractivity contribution in [3.8, 4) is 0 Å². The molecule has 228 valence electrons. The highest BCUT2D eigenvalue weighted by Crippen LogP contribution is 2.48. The summed E-state index contributed by atoms with van der Waals surface area (Å²) in [6.07, 6.45) is -4.55. The largest absolute Gasteiger partial charge is 0.462 e. The Bertz CT molecular complexity index is 1240. The molecule has 1 saturated heterocycles. The van der Waals surface area contributed by atoms with Gasteiger partial charge in [-0.25, -0.2) is 14.3 Å². The number of carbonyl (C=O) groups is 2. The third-order valence-electron chi connectivity index (χ3n) is 5.43. The lowest BCUT2D eigenvalue weighted by molar-refractivity contribution is -0.149. The van der Waals surface area contributed by atoms with Crippen molar-refractivity contribution < 1.29 is 37.6 Å². The number of aryl methyl sites for hydroxylation is 1. The van der Waals surface area contributed by atoms with Gasteiger partial charge in [0, 0.05) is 22.9 Å². The van der Waals surface area contributed by atoms with E-state index in [2.05, 4.69) is 5.09 Å². The van der Waals surface area contributed by atoms with Crippen LogP contribution in [0.15, 0.2) is 15.8 Å². The van der Waals surface area contributed by atoms with Crippen LogP contribution in [0.3, 0.4) is 0 Å². The van der Waals surface area contributed by atoms with E-state index in [1.54, 1.807) is 34.6 Å². The first kappa shape index (κ1) is 35.0. The van der Waals surface area contributed by atoms with Crippen LogP contribution in [0.5, 0.6) is 0 Å². The van der Waals surface area contributed by atoms with Gasteiger partial charge in [-0.3, -0.25) is 23.9 Å². The van der Waals surface area contributed by atoms with Crippen LogP contribution in [0.4, 0.5) is 4.39 Å². The quantitative estimate of drug-likeness (QED) is 0.132. The van der Waals surface area contributed by atoms with Gasteiger partial charge >= 0.3 is 11.7 Å². The molecule has 0 amide bonds. The number of esters is 1. The van der Waals surface area contributed by atoms with E-state index in [1.165, 1.54) is 13.8 Å². The number of rotatable bonds is 12. The number of ether oxygens (including phenoxy) is 2. The molecule has 1 aromatic heterocycles. The van der Waals surface area contributed by atoms with Gasteiger partial charge in [0.05, 0.1) is 19.3 Å². The third kappa shape index (κ3) is 9.17. The van der Waals surface area contributed by atoms with Gasteiger partial charge in [0.15, 0.2) is 11.3 Å². The number of aromatic nitrogens is 2. The number of hydrogen-bond donors (Lipinski definition) is 3. The zero-order valence-corrected chi connectivity index (χ0v) is 26.5. The van der Waals surface area contributed by atoms with E-state index in [-0.39, 0.29) is 23.0 Å². The van der Waals surface area contributed by atoms with E-state index in [0.717, 1.165) is 22.5 Å². The molecular weight excluding hydrogens is 612 g/mol. The molecule has 0 aromatic carbocycles. The lowest BCUT2D eigenvalue weighted by Gasteiger charge is -2.28. The fourth-order valence-electron chi connectivity index (χ4n) is 3.28. The summed E-state index contributed by atoms with van der Waals surface area (Å²) in [6, 6.07) is -0.963. The van der Waals surface area contributed by atoms with Gasteiger partial charge in [0.25, 0.3) is 17.3 Å². The summed E-state index contributed by atoms with van der Waals surface area (Å²) in [5.74, 6) is -0.388. The summed E-state index contributed by atoms with van der Waals surface area (Å²) in [4.78, 5) is 50.6. The molecule has 1 fully saturated rings. The van der Waals surface area contributed by atoms with Gasteiger partial charge in [-0.1, -0.05) is 44.1 Å². The second-order valence-corrected chi connectivity index (χ2v) is 15.3. The summed E-state index contributed by atoms with van der Waals surface area (Å²) >= 11 is 12.6. The number of halogens is 2. The van der Waals surface area contributed by atoms with Crippen LogP contribution < -0.4 is 16.3 Å². The SMILES string of the molecule is Cc1cn([C@@H]2O[C@H](CO[P@](=S)(N[C@H](C)C(=O)OC(C)C)OCCSC(=O)C(C)(C)C)[C@@H](O)[C@]2(F)Cl)c(=O)[nH]c1=O. The lowest BCUT2D eigenvalue weighted by Crippen LogP contribution is -2.42. The number of H-pyrrole nitrogens is 1. The third-order valence-corrected chi connectivity index (χ3v) is 9.75. The van der Waals surface area contributed by atoms with Gasteiger partial charge in [0.2, 0.25) is 0 Å². The number of nitrogens with zero attached hydrogens (tertiary/aromatic N) is 1. The minimum atomic E-state index is -3.52. The topological polar surface area (TPSA) is 158 Å². The Labute approximate surface area is 245 Å². The minimum Gasteiger partial charge on any atom is -0.462 e. The van der Waals surface area contributed by atoms with Gasteiger partial charge < -0.3 is 23.6 Å². The standard InChI is InChI=1S/C23H36ClFN3O9PS2/c1-12(2)36-18(31)14(4)27-38(39,34-8-9-40-20(32)22(5,6)7)35-11-15-16(29)23(24,25)19(37-15)28-10-13(3)17(30)26-21(28)33/h10,12,14-16,19,29H,8-9,11H2,1-7H3,(H,27,39)(H,26,30,33)/t14-,15-,16-,19-,23-,38+/m1/s1. The molecule has 2 heterocycles. The van der Waals surface area contributed by atoms with E-state index >= 15 is 4.39 Å². The van der Waals surface area contributed by atoms with Crippen LogP contribution in [0.25, 0.3) is 0 Å². The fraction of sp³-hybridized carbons (Fsp3) is 0.739. The predicted molar refractivity (Wildman–Crippen MR) is 153 cm³/mol. The molecule has 1 aliphatic rings. The Morgan fingerprint density at radius 1 is 1.35 bits per heavy atom. The summed E-state index contributed by atoms with van der Waals surface area (Å²) in [6.45, 7) is 7.49. The van der Waals surface area contributed by atoms with Gasteiger partial charge in [-0.2, -0.15) is 0 Å². The van der Waals surface area contributed by atoms with Crippen LogP contribution in [-0.2, 0) is 39.9 Å². The maximum Gasteiger partial charge on any atom is 0.330 e. The molecule has 3 N–H and O–H groups in total. The number of alkyl halides is 2. The summed E-state index contributed by atoms with van der Waals surface area (Å²) in [5.41, 5.74) is -2.14. The van der Waals surface area contributed by atoms with Crippen molar-refractivity contribution >= 4 is 52.9 Å². The highest BCUT2D eigenvalue weighted by molar-refractivity contribution is 8.13. The molecule has 0 radical (unpaired) electrons. The summed E-state index contributed by atoms with van der Waals surface area (Å²) < 4.78 is 38.4. The second-order valence-electron chi connectivity index (χ2n) is 10.5. The molecule has 6 atom stereocenters. The van der Waals surface area contributed by atoms with Gasteiger partial charge in [-0.15, -0.1) is 0 Å². The highest BCUT2D eigenvalue weighted by atomic mass is 35.5. The molecule has 0 aliphatic carbocycles. The predicted octanol–water partition coefficient (Wildman–Crippen LogP) is 2.50. The van der Waals surface area contributed by atoms with E-state index in [0.29, 0.717) is 0 Å². The molecule has 12 nitrogen and oxygen atoms in total. The molecule has 0 bridgehead atoms. The Kier molecular flexibility index (Phi) is 12.2. The van der Waals surface area contributed by atoms with Crippen LogP contribution in [0.2, 0.25) is 0 Å². The number of aromatic amines is 1. The van der Waals surface area contributed by atoms with Gasteiger partial charge in [-0.05, 0) is 39.5 Å². The zero-order valence-electron chi connectivity index (χ0n) is 23.3. The first-order valence-electron chi connectivity index (χ1n) is 12.4. The Morgan fingerprint density at radius 2 is 1.98 bits per heavy atom. The van der Waals surface area contributed by atoms with Crippen LogP contribution in [0.1, 0.15) is 53.3 Å². The van der Waals surface area contributed by atoms with Crippen molar-refractivity contribution in [1.82, 2.24) is 14.6 Å². The van der Waals surface area contributed by atoms with Crippen molar-refractivity contribution in [2.24, 2.45) is 5.41 Å². The van der Waals surface area contributed by atoms with Crippen LogP contribution in [0, 0.1) is 12.3 Å². The number of thioether (sulfide) groups is 1. The monoisotopic (exact) mass is 647 g/mol. The maximum absolute atomic E-state index is 15.4. The first-order chi connectivity index (χ1) is 18.3. The van der Waals surface area contributed by atoms with Crippen LogP contribution >= 0.6 is 30.0 Å². The molecule has 2 rings (SSSR count). The molecule has 1 aromatic rings. The van der Waals surface area contributed by atoms with Crippen molar-refractivity contribution in [2.45, 2.75) is 84.2 Å². The van der Waals surface area contributed by atoms with E-state index in [1.807, 2.05) is 4.98 Å². The Morgan fingerprint density at radius 3 is 2.55 bits per heavy atom. The number of aliphatic hydroxyl groups is 1. The zero-order chi connectivity index (χ0) is 30.6. The number of hydrogen-bond acceptors (Lipinski definition) is 11. The fourth-order valence-corrected chi connectivity index (χ4v) is 6.85. The maximum atomic E-state index is 15.4. The normalized spacial score (nSPS) is 25.5. The summed E-state index contributed by atoms with van der Waals surface area (Å²) in [5, 5.41) is 10.3. The number of aliphatic hydroxyl groups excluding tert-OH is 1. The molecule has 17 heteroatoms. The van der Waals surface area contributed by atoms with Crippen molar-refractivity contribution in [3.05, 3.63) is 32.6 Å². The average molecular weight is 648 g/mol. The number of nitrogens with one attached hydrogen (secondary N) is 2. The molecular formula is C23H36ClFN3O9PS2. The van der Waals surface area contributed by atoms with E-state index in [4.69, 9.17) is 41.9 Å². The Hall–Kier alpha value is -1.16. The lowest BCUT2D eigenvalue weighted by atomic mass is 10.00. The smallest absolute Gasteiger partial charge is 0.330 e. The molecule has 0 spiro atoms. The molecule has 1 aliphatic heterocycles. The average Bonchev–Trinajstić information content (AvgIpc) is 3.05. The number of carbonyl (C=O) groups excluding carboxylic acids is 2. The molecule has 0 saturated carbocycles. The Balaban J connectivity index is 2.19. The summed E-state index contributed by atoms with van der Waals surface area (Å²) in [7, 11) is 0. The van der Waals surface area contributed by atoms with Gasteiger partial charge in [0.1, 0.15) is 18.2 Å². The molecule has 40 heavy (non-hydrogen) atoms. The molecule has 0 unspecified atom stereocenters. The van der Waals surface area contributed by atoms with E-state index in [9.17, 15) is 24.3 Å². The first-order valence-corrected chi connectivity index (χ1v) is 16.4. The van der Waals surface area contributed by atoms with Crippen molar-refractivity contribution in [2.75, 3.05) is 19.0 Å². The second kappa shape index (κ2) is 13.9.